The van der Waals surface area contributed by atoms with Crippen LogP contribution in [0.3, 0.4) is 0 Å². The number of rotatable bonds is 6. The normalized spacial score (nSPS) is 16.9. The summed E-state index contributed by atoms with van der Waals surface area (Å²) in [4.78, 5) is 29.7. The average Bonchev–Trinajstić information content (AvgIpc) is 3.17. The summed E-state index contributed by atoms with van der Waals surface area (Å²) in [6, 6.07) is -0.261. The second kappa shape index (κ2) is 7.29. The van der Waals surface area contributed by atoms with E-state index in [1.807, 2.05) is 13.8 Å². The first kappa shape index (κ1) is 19.3. The molecule has 0 fully saturated rings. The molecule has 1 aliphatic rings. The molecule has 2 N–H and O–H groups in total. The molecule has 0 saturated heterocycles. The largest absolute Gasteiger partial charge is 0.348 e. The maximum Gasteiger partial charge on any atom is 0.225 e. The van der Waals surface area contributed by atoms with E-state index < -0.39 is 0 Å². The van der Waals surface area contributed by atoms with Gasteiger partial charge in [0.1, 0.15) is 12.2 Å². The van der Waals surface area contributed by atoms with Crippen molar-refractivity contribution < 1.29 is 9.59 Å². The number of hydrogen-bond acceptors (Lipinski definition) is 4. The lowest BCUT2D eigenvalue weighted by molar-refractivity contribution is -0.121. The van der Waals surface area contributed by atoms with Gasteiger partial charge in [0.15, 0.2) is 5.78 Å². The summed E-state index contributed by atoms with van der Waals surface area (Å²) in [6.45, 7) is 11.2. The number of nitrogens with one attached hydrogen (secondary N) is 2. The number of nitrogens with zero attached hydrogens (tertiary/aromatic N) is 3. The van der Waals surface area contributed by atoms with Gasteiger partial charge in [0.25, 0.3) is 0 Å². The van der Waals surface area contributed by atoms with Crippen molar-refractivity contribution in [1.29, 1.82) is 0 Å². The number of amides is 1. The third-order valence-electron chi connectivity index (χ3n) is 5.33. The molecule has 2 aromatic rings. The van der Waals surface area contributed by atoms with Gasteiger partial charge in [-0.05, 0) is 37.7 Å². The molecule has 0 unspecified atom stereocenters. The first-order chi connectivity index (χ1) is 12.7. The van der Waals surface area contributed by atoms with Crippen molar-refractivity contribution in [1.82, 2.24) is 25.1 Å². The fourth-order valence-corrected chi connectivity index (χ4v) is 4.09. The number of fused-ring (bicyclic) bond motifs is 1. The molecule has 0 bridgehead atoms. The van der Waals surface area contributed by atoms with Crippen LogP contribution in [0.5, 0.6) is 0 Å². The van der Waals surface area contributed by atoms with E-state index in [1.54, 1.807) is 0 Å². The molecular weight excluding hydrogens is 342 g/mol. The van der Waals surface area contributed by atoms with Gasteiger partial charge in [-0.3, -0.25) is 14.7 Å². The van der Waals surface area contributed by atoms with Gasteiger partial charge in [-0.1, -0.05) is 20.8 Å². The zero-order valence-corrected chi connectivity index (χ0v) is 16.8. The quantitative estimate of drug-likeness (QED) is 0.816. The zero-order chi connectivity index (χ0) is 19.8. The molecule has 7 heteroatoms. The Kier molecular flexibility index (Phi) is 5.22. The van der Waals surface area contributed by atoms with Crippen molar-refractivity contribution in [3.63, 3.8) is 0 Å². The fourth-order valence-electron chi connectivity index (χ4n) is 4.09. The highest BCUT2D eigenvalue weighted by Crippen LogP contribution is 2.39. The molecular formula is C20H29N5O2. The lowest BCUT2D eigenvalue weighted by Gasteiger charge is -2.30. The second-order valence-corrected chi connectivity index (χ2v) is 8.31. The molecule has 0 saturated carbocycles. The van der Waals surface area contributed by atoms with Crippen LogP contribution in [0.1, 0.15) is 79.7 Å². The van der Waals surface area contributed by atoms with Gasteiger partial charge in [0.05, 0.1) is 12.5 Å². The summed E-state index contributed by atoms with van der Waals surface area (Å²) in [5.41, 5.74) is 3.75. The third-order valence-corrected chi connectivity index (χ3v) is 5.33. The van der Waals surface area contributed by atoms with E-state index in [0.717, 1.165) is 41.9 Å². The van der Waals surface area contributed by atoms with Crippen molar-refractivity contribution in [3.05, 3.63) is 34.7 Å². The molecule has 2 aromatic heterocycles. The van der Waals surface area contributed by atoms with Crippen LogP contribution in [0.4, 0.5) is 0 Å². The van der Waals surface area contributed by atoms with Crippen LogP contribution in [0.25, 0.3) is 0 Å². The Morgan fingerprint density at radius 3 is 2.78 bits per heavy atom. The maximum atomic E-state index is 12.9. The highest BCUT2D eigenvalue weighted by molar-refractivity contribution is 6.01. The Labute approximate surface area is 160 Å². The fraction of sp³-hybridized carbons (Fsp3) is 0.600. The topological polar surface area (TPSA) is 92.7 Å². The Morgan fingerprint density at radius 2 is 2.15 bits per heavy atom. The Hall–Kier alpha value is -2.44. The van der Waals surface area contributed by atoms with Crippen LogP contribution in [-0.2, 0) is 24.2 Å². The minimum absolute atomic E-state index is 0.0410. The number of aromatic nitrogens is 4. The molecule has 2 heterocycles. The Morgan fingerprint density at radius 1 is 1.41 bits per heavy atom. The first-order valence-electron chi connectivity index (χ1n) is 9.62. The highest BCUT2D eigenvalue weighted by Gasteiger charge is 2.36. The Bertz CT molecular complexity index is 848. The number of H-pyrrole nitrogens is 1. The molecule has 0 radical (unpaired) electrons. The summed E-state index contributed by atoms with van der Waals surface area (Å²) in [5, 5.41) is 9.53. The predicted molar refractivity (Wildman–Crippen MR) is 103 cm³/mol. The van der Waals surface area contributed by atoms with Crippen molar-refractivity contribution in [2.45, 2.75) is 72.9 Å². The number of Topliss-reactive ketones (excluding diaryl/α,β-unsaturated/α-hetero) is 1. The average molecular weight is 371 g/mol. The van der Waals surface area contributed by atoms with E-state index in [-0.39, 0.29) is 29.6 Å². The van der Waals surface area contributed by atoms with Crippen molar-refractivity contribution in [3.8, 4) is 0 Å². The molecule has 1 amide bonds. The van der Waals surface area contributed by atoms with Gasteiger partial charge in [0.2, 0.25) is 5.91 Å². The van der Waals surface area contributed by atoms with E-state index in [9.17, 15) is 9.59 Å². The molecule has 1 aliphatic carbocycles. The number of ketones is 1. The molecule has 0 spiro atoms. The summed E-state index contributed by atoms with van der Waals surface area (Å²) < 4.78 is 2.25. The van der Waals surface area contributed by atoms with E-state index in [2.05, 4.69) is 45.8 Å². The summed E-state index contributed by atoms with van der Waals surface area (Å²) in [7, 11) is 0. The monoisotopic (exact) mass is 371 g/mol. The van der Waals surface area contributed by atoms with Crippen LogP contribution >= 0.6 is 0 Å². The van der Waals surface area contributed by atoms with E-state index >= 15 is 0 Å². The summed E-state index contributed by atoms with van der Waals surface area (Å²) in [6.07, 6.45) is 4.01. The number of carbonyl (C=O) groups is 2. The van der Waals surface area contributed by atoms with Crippen LogP contribution in [0.2, 0.25) is 0 Å². The second-order valence-electron chi connectivity index (χ2n) is 8.31. The standard InChI is InChI=1S/C20H29N5O2/c1-6-7-25-13(3)14(18-15(25)9-20(4,5)10-16(18)26)8-17(27)23-12(2)19-21-11-22-24-19/h11-12H,6-10H2,1-5H3,(H,23,27)(H,21,22,24)/t12-/m0/s1. The predicted octanol–water partition coefficient (Wildman–Crippen LogP) is 2.90. The molecule has 0 aromatic carbocycles. The Balaban J connectivity index is 1.89. The van der Waals surface area contributed by atoms with Gasteiger partial charge in [-0.2, -0.15) is 5.10 Å². The lowest BCUT2D eigenvalue weighted by atomic mass is 9.75. The third kappa shape index (κ3) is 3.82. The van der Waals surface area contributed by atoms with E-state index in [0.29, 0.717) is 12.2 Å². The lowest BCUT2D eigenvalue weighted by Crippen LogP contribution is -2.31. The van der Waals surface area contributed by atoms with Gasteiger partial charge in [0, 0.05) is 29.9 Å². The summed E-state index contributed by atoms with van der Waals surface area (Å²) in [5.74, 6) is 0.657. The van der Waals surface area contributed by atoms with E-state index in [1.165, 1.54) is 6.33 Å². The van der Waals surface area contributed by atoms with Crippen LogP contribution in [-0.4, -0.2) is 31.4 Å². The van der Waals surface area contributed by atoms with Crippen LogP contribution in [0.15, 0.2) is 6.33 Å². The molecule has 0 aliphatic heterocycles. The SMILES string of the molecule is CCCn1c(C)c(CC(=O)N[C@@H](C)c2ncn[nH]2)c2c1CC(C)(C)CC2=O. The van der Waals surface area contributed by atoms with Crippen LogP contribution in [0, 0.1) is 12.3 Å². The van der Waals surface area contributed by atoms with E-state index in [4.69, 9.17) is 0 Å². The molecule has 27 heavy (non-hydrogen) atoms. The molecule has 146 valence electrons. The van der Waals surface area contributed by atoms with Gasteiger partial charge >= 0.3 is 0 Å². The number of carbonyl (C=O) groups excluding carboxylic acids is 2. The van der Waals surface area contributed by atoms with Crippen molar-refractivity contribution in [2.24, 2.45) is 5.41 Å². The van der Waals surface area contributed by atoms with Crippen molar-refractivity contribution in [2.75, 3.05) is 0 Å². The number of hydrogen-bond donors (Lipinski definition) is 2. The zero-order valence-electron chi connectivity index (χ0n) is 16.8. The summed E-state index contributed by atoms with van der Waals surface area (Å²) >= 11 is 0. The number of aromatic amines is 1. The van der Waals surface area contributed by atoms with Crippen LogP contribution < -0.4 is 5.32 Å². The molecule has 7 nitrogen and oxygen atoms in total. The molecule has 1 atom stereocenters. The van der Waals surface area contributed by atoms with Gasteiger partial charge in [-0.25, -0.2) is 4.98 Å². The minimum atomic E-state index is -0.261. The maximum absolute atomic E-state index is 12.9. The van der Waals surface area contributed by atoms with Crippen molar-refractivity contribution >= 4 is 11.7 Å². The molecule has 3 rings (SSSR count). The highest BCUT2D eigenvalue weighted by atomic mass is 16.1. The van der Waals surface area contributed by atoms with Gasteiger partial charge < -0.3 is 9.88 Å². The minimum Gasteiger partial charge on any atom is -0.348 e. The smallest absolute Gasteiger partial charge is 0.225 e. The van der Waals surface area contributed by atoms with Gasteiger partial charge in [-0.15, -0.1) is 0 Å². The first-order valence-corrected chi connectivity index (χ1v) is 9.62.